The van der Waals surface area contributed by atoms with Crippen molar-refractivity contribution in [2.45, 2.75) is 25.4 Å². The van der Waals surface area contributed by atoms with Gasteiger partial charge in [-0.25, -0.2) is 4.98 Å². The van der Waals surface area contributed by atoms with E-state index in [1.54, 1.807) is 12.4 Å². The van der Waals surface area contributed by atoms with Gasteiger partial charge in [0, 0.05) is 36.3 Å². The minimum atomic E-state index is 0.498. The molecule has 0 aromatic carbocycles. The topological polar surface area (TPSA) is 75.6 Å². The fourth-order valence-corrected chi connectivity index (χ4v) is 2.36. The highest BCUT2D eigenvalue weighted by Gasteiger charge is 2.22. The molecule has 1 aliphatic carbocycles. The second-order valence-corrected chi connectivity index (χ2v) is 5.80. The molecule has 0 aliphatic heterocycles. The van der Waals surface area contributed by atoms with Gasteiger partial charge in [0.1, 0.15) is 5.82 Å². The largest absolute Gasteiger partial charge is 0.364 e. The summed E-state index contributed by atoms with van der Waals surface area (Å²) in [4.78, 5) is 17.7. The van der Waals surface area contributed by atoms with Crippen LogP contribution in [-0.4, -0.2) is 26.0 Å². The zero-order valence-electron chi connectivity index (χ0n) is 13.2. The van der Waals surface area contributed by atoms with Gasteiger partial charge in [-0.15, -0.1) is 0 Å². The Morgan fingerprint density at radius 2 is 2.00 bits per heavy atom. The number of nitrogens with zero attached hydrogens (tertiary/aromatic N) is 4. The van der Waals surface area contributed by atoms with Crippen LogP contribution in [0, 0.1) is 0 Å². The first-order chi connectivity index (χ1) is 11.9. The summed E-state index contributed by atoms with van der Waals surface area (Å²) in [5.74, 6) is 1.43. The third-order valence-corrected chi connectivity index (χ3v) is 3.77. The molecule has 120 valence electrons. The molecule has 3 aromatic rings. The number of pyridine rings is 2. The summed E-state index contributed by atoms with van der Waals surface area (Å²) in [6.45, 7) is 0.618. The predicted molar refractivity (Wildman–Crippen MR) is 93.5 cm³/mol. The van der Waals surface area contributed by atoms with E-state index < -0.39 is 0 Å². The molecule has 4 rings (SSSR count). The van der Waals surface area contributed by atoms with Gasteiger partial charge in [-0.1, -0.05) is 6.07 Å². The van der Waals surface area contributed by atoms with Crippen molar-refractivity contribution in [3.63, 3.8) is 0 Å². The van der Waals surface area contributed by atoms with Crippen LogP contribution in [-0.2, 0) is 6.54 Å². The summed E-state index contributed by atoms with van der Waals surface area (Å²) in [5, 5.41) is 6.70. The lowest BCUT2D eigenvalue weighted by molar-refractivity contribution is 1.01. The molecule has 0 radical (unpaired) electrons. The van der Waals surface area contributed by atoms with Gasteiger partial charge in [-0.3, -0.25) is 9.97 Å². The summed E-state index contributed by atoms with van der Waals surface area (Å²) in [6.07, 6.45) is 7.71. The van der Waals surface area contributed by atoms with Gasteiger partial charge >= 0.3 is 0 Å². The zero-order chi connectivity index (χ0) is 16.2. The molecular formula is C18H18N6. The standard InChI is InChI=1S/C18H18N6/c1-2-9-20-15(5-1)12-21-17-10-16(13-4-3-8-19-11-13)23-18(24-17)22-14-6-7-14/h1-5,8-11,14H,6-7,12H2,(H2,21,22,23,24). The Morgan fingerprint density at radius 3 is 2.75 bits per heavy atom. The molecule has 3 heterocycles. The van der Waals surface area contributed by atoms with Crippen molar-refractivity contribution in [3.05, 3.63) is 60.7 Å². The van der Waals surface area contributed by atoms with Crippen molar-refractivity contribution >= 4 is 11.8 Å². The molecule has 0 saturated heterocycles. The van der Waals surface area contributed by atoms with E-state index in [0.29, 0.717) is 18.5 Å². The Labute approximate surface area is 140 Å². The van der Waals surface area contributed by atoms with E-state index in [2.05, 4.69) is 30.6 Å². The normalized spacial score (nSPS) is 13.5. The monoisotopic (exact) mass is 318 g/mol. The van der Waals surface area contributed by atoms with Gasteiger partial charge in [-0.2, -0.15) is 4.98 Å². The predicted octanol–water partition coefficient (Wildman–Crippen LogP) is 3.12. The van der Waals surface area contributed by atoms with Gasteiger partial charge in [0.15, 0.2) is 0 Å². The molecule has 1 saturated carbocycles. The lowest BCUT2D eigenvalue weighted by Gasteiger charge is -2.11. The van der Waals surface area contributed by atoms with E-state index in [0.717, 1.165) is 22.8 Å². The van der Waals surface area contributed by atoms with Crippen molar-refractivity contribution in [1.29, 1.82) is 0 Å². The van der Waals surface area contributed by atoms with Gasteiger partial charge in [0.25, 0.3) is 0 Å². The van der Waals surface area contributed by atoms with Crippen LogP contribution in [0.3, 0.4) is 0 Å². The summed E-state index contributed by atoms with van der Waals surface area (Å²) >= 11 is 0. The molecule has 24 heavy (non-hydrogen) atoms. The van der Waals surface area contributed by atoms with Crippen LogP contribution < -0.4 is 10.6 Å². The SMILES string of the molecule is c1ccc(CNc2cc(-c3cccnc3)nc(NC3CC3)n2)nc1. The number of rotatable bonds is 6. The van der Waals surface area contributed by atoms with E-state index in [1.165, 1.54) is 12.8 Å². The highest BCUT2D eigenvalue weighted by molar-refractivity contribution is 5.63. The van der Waals surface area contributed by atoms with E-state index in [-0.39, 0.29) is 0 Å². The number of anilines is 2. The Balaban J connectivity index is 1.59. The number of hydrogen-bond donors (Lipinski definition) is 2. The Hall–Kier alpha value is -3.02. The lowest BCUT2D eigenvalue weighted by atomic mass is 10.2. The summed E-state index contributed by atoms with van der Waals surface area (Å²) in [5.41, 5.74) is 2.79. The molecule has 0 amide bonds. The fourth-order valence-electron chi connectivity index (χ4n) is 2.36. The number of aromatic nitrogens is 4. The number of hydrogen-bond acceptors (Lipinski definition) is 6. The Morgan fingerprint density at radius 1 is 1.04 bits per heavy atom. The maximum Gasteiger partial charge on any atom is 0.225 e. The molecule has 2 N–H and O–H groups in total. The average Bonchev–Trinajstić information content (AvgIpc) is 3.45. The van der Waals surface area contributed by atoms with Gasteiger partial charge in [0.2, 0.25) is 5.95 Å². The first kappa shape index (κ1) is 14.6. The van der Waals surface area contributed by atoms with Crippen LogP contribution in [0.15, 0.2) is 55.0 Å². The van der Waals surface area contributed by atoms with Crippen molar-refractivity contribution < 1.29 is 0 Å². The average molecular weight is 318 g/mol. The lowest BCUT2D eigenvalue weighted by Crippen LogP contribution is -2.09. The van der Waals surface area contributed by atoms with E-state index in [9.17, 15) is 0 Å². The molecule has 1 aliphatic rings. The van der Waals surface area contributed by atoms with Crippen LogP contribution in [0.2, 0.25) is 0 Å². The molecule has 6 heteroatoms. The Bertz CT molecular complexity index is 802. The van der Waals surface area contributed by atoms with E-state index in [4.69, 9.17) is 0 Å². The van der Waals surface area contributed by atoms with Crippen molar-refractivity contribution in [3.8, 4) is 11.3 Å². The maximum absolute atomic E-state index is 4.62. The molecule has 6 nitrogen and oxygen atoms in total. The Kier molecular flexibility index (Phi) is 4.02. The van der Waals surface area contributed by atoms with Crippen LogP contribution in [0.25, 0.3) is 11.3 Å². The second kappa shape index (κ2) is 6.62. The summed E-state index contributed by atoms with van der Waals surface area (Å²) in [6, 6.07) is 12.2. The maximum atomic E-state index is 4.62. The van der Waals surface area contributed by atoms with Crippen molar-refractivity contribution in [1.82, 2.24) is 19.9 Å². The molecular weight excluding hydrogens is 300 g/mol. The molecule has 0 unspecified atom stereocenters. The van der Waals surface area contributed by atoms with Crippen molar-refractivity contribution in [2.75, 3.05) is 10.6 Å². The molecule has 3 aromatic heterocycles. The first-order valence-corrected chi connectivity index (χ1v) is 8.06. The number of nitrogens with one attached hydrogen (secondary N) is 2. The minimum Gasteiger partial charge on any atom is -0.364 e. The molecule has 0 spiro atoms. The highest BCUT2D eigenvalue weighted by Crippen LogP contribution is 2.26. The minimum absolute atomic E-state index is 0.498. The van der Waals surface area contributed by atoms with Crippen LogP contribution >= 0.6 is 0 Å². The van der Waals surface area contributed by atoms with Crippen LogP contribution in [0.1, 0.15) is 18.5 Å². The summed E-state index contributed by atoms with van der Waals surface area (Å²) < 4.78 is 0. The first-order valence-electron chi connectivity index (χ1n) is 8.06. The quantitative estimate of drug-likeness (QED) is 0.727. The van der Waals surface area contributed by atoms with Gasteiger partial charge < -0.3 is 10.6 Å². The van der Waals surface area contributed by atoms with Crippen LogP contribution in [0.4, 0.5) is 11.8 Å². The van der Waals surface area contributed by atoms with E-state index >= 15 is 0 Å². The van der Waals surface area contributed by atoms with Crippen LogP contribution in [0.5, 0.6) is 0 Å². The second-order valence-electron chi connectivity index (χ2n) is 5.80. The van der Waals surface area contributed by atoms with E-state index in [1.807, 2.05) is 42.6 Å². The fraction of sp³-hybridized carbons (Fsp3) is 0.222. The van der Waals surface area contributed by atoms with Gasteiger partial charge in [-0.05, 0) is 37.1 Å². The highest BCUT2D eigenvalue weighted by atomic mass is 15.2. The third kappa shape index (κ3) is 3.65. The zero-order valence-corrected chi connectivity index (χ0v) is 13.2. The van der Waals surface area contributed by atoms with Gasteiger partial charge in [0.05, 0.1) is 17.9 Å². The third-order valence-electron chi connectivity index (χ3n) is 3.77. The molecule has 0 atom stereocenters. The molecule has 1 fully saturated rings. The smallest absolute Gasteiger partial charge is 0.225 e. The molecule has 0 bridgehead atoms. The summed E-state index contributed by atoms with van der Waals surface area (Å²) in [7, 11) is 0. The van der Waals surface area contributed by atoms with Crippen molar-refractivity contribution in [2.24, 2.45) is 0 Å².